The first-order valence-electron chi connectivity index (χ1n) is 16.5. The number of likely N-dealkylation sites (tertiary alicyclic amines) is 2. The second kappa shape index (κ2) is 11.3. The molecule has 9 atom stereocenters. The molecule has 4 aliphatic carbocycles. The van der Waals surface area contributed by atoms with E-state index in [2.05, 4.69) is 77.8 Å². The van der Waals surface area contributed by atoms with E-state index in [0.29, 0.717) is 23.9 Å². The number of Topliss-reactive ketones (excluding diaryl/α,β-unsaturated/α-hetero) is 1. The third kappa shape index (κ3) is 4.00. The quantitative estimate of drug-likeness (QED) is 0.333. The molecule has 2 aromatic rings. The number of halogens is 3. The van der Waals surface area contributed by atoms with E-state index in [-0.39, 0.29) is 40.8 Å². The number of ketones is 2. The molecule has 256 valence electrons. The zero-order valence-corrected chi connectivity index (χ0v) is 31.5. The zero-order valence-electron chi connectivity index (χ0n) is 26.8. The molecule has 2 aromatic carbocycles. The molecular formula is C37H41Br3N2O6. The summed E-state index contributed by atoms with van der Waals surface area (Å²) in [5.74, 6) is 4.11. The average molecular weight is 849 g/mol. The van der Waals surface area contributed by atoms with Crippen molar-refractivity contribution in [1.82, 2.24) is 9.80 Å². The van der Waals surface area contributed by atoms with Crippen molar-refractivity contribution in [3.05, 3.63) is 55.5 Å². The summed E-state index contributed by atoms with van der Waals surface area (Å²) in [5, 5.41) is 0. The maximum Gasteiger partial charge on any atom is 0.196 e. The van der Waals surface area contributed by atoms with Gasteiger partial charge in [-0.15, -0.1) is 0 Å². The summed E-state index contributed by atoms with van der Waals surface area (Å²) in [5.41, 5.74) is 4.67. The van der Waals surface area contributed by atoms with Crippen LogP contribution in [0, 0.1) is 11.8 Å². The van der Waals surface area contributed by atoms with Crippen molar-refractivity contribution in [1.29, 1.82) is 0 Å². The molecule has 0 amide bonds. The van der Waals surface area contributed by atoms with Crippen LogP contribution in [-0.4, -0.2) is 91.9 Å². The third-order valence-corrected chi connectivity index (χ3v) is 15.2. The Morgan fingerprint density at radius 1 is 0.833 bits per heavy atom. The van der Waals surface area contributed by atoms with E-state index in [1.807, 2.05) is 12.1 Å². The van der Waals surface area contributed by atoms with E-state index in [4.69, 9.17) is 18.9 Å². The van der Waals surface area contributed by atoms with Gasteiger partial charge in [-0.3, -0.25) is 9.59 Å². The monoisotopic (exact) mass is 846 g/mol. The number of carbonyl (C=O) groups excluding carboxylic acids is 2. The molecule has 3 fully saturated rings. The first-order valence-corrected chi connectivity index (χ1v) is 19.0. The largest absolute Gasteiger partial charge is 0.493 e. The molecule has 4 heterocycles. The summed E-state index contributed by atoms with van der Waals surface area (Å²) in [4.78, 5) is 30.4. The lowest BCUT2D eigenvalue weighted by atomic mass is 9.51. The second-order valence-corrected chi connectivity index (χ2v) is 17.4. The summed E-state index contributed by atoms with van der Waals surface area (Å²) in [6.07, 6.45) is 7.88. The fourth-order valence-electron chi connectivity index (χ4n) is 10.9. The van der Waals surface area contributed by atoms with Gasteiger partial charge in [-0.25, -0.2) is 0 Å². The van der Waals surface area contributed by atoms with Crippen molar-refractivity contribution in [2.24, 2.45) is 11.8 Å². The van der Waals surface area contributed by atoms with Crippen LogP contribution in [0.5, 0.6) is 23.0 Å². The predicted molar refractivity (Wildman–Crippen MR) is 193 cm³/mol. The number of piperidine rings is 2. The number of ether oxygens (including phenoxy) is 4. The molecule has 1 saturated carbocycles. The van der Waals surface area contributed by atoms with Crippen molar-refractivity contribution in [3.8, 4) is 23.0 Å². The summed E-state index contributed by atoms with van der Waals surface area (Å²) in [7, 11) is 7.73. The van der Waals surface area contributed by atoms with Crippen molar-refractivity contribution >= 4 is 59.4 Å². The number of likely N-dealkylation sites (N-methyl/N-ethyl adjacent to an activating group) is 2. The number of hydrogen-bond acceptors (Lipinski definition) is 8. The Kier molecular flexibility index (Phi) is 7.82. The first kappa shape index (κ1) is 33.2. The number of rotatable bonds is 2. The molecule has 48 heavy (non-hydrogen) atoms. The Morgan fingerprint density at radius 3 is 2.00 bits per heavy atom. The van der Waals surface area contributed by atoms with Crippen molar-refractivity contribution in [2.75, 3.05) is 41.4 Å². The second-order valence-electron chi connectivity index (χ2n) is 14.6. The molecule has 5 unspecified atom stereocenters. The van der Waals surface area contributed by atoms with E-state index in [9.17, 15) is 9.59 Å². The van der Waals surface area contributed by atoms with Gasteiger partial charge in [0.1, 0.15) is 0 Å². The van der Waals surface area contributed by atoms with Crippen LogP contribution in [0.25, 0.3) is 0 Å². The number of alkyl halides is 1. The van der Waals surface area contributed by atoms with Gasteiger partial charge in [0.25, 0.3) is 0 Å². The highest BCUT2D eigenvalue weighted by molar-refractivity contribution is 9.11. The van der Waals surface area contributed by atoms with Gasteiger partial charge in [-0.05, 0) is 94.5 Å². The average Bonchev–Trinajstić information content (AvgIpc) is 3.59. The van der Waals surface area contributed by atoms with Crippen LogP contribution in [0.3, 0.4) is 0 Å². The van der Waals surface area contributed by atoms with Gasteiger partial charge in [0.05, 0.1) is 24.5 Å². The maximum atomic E-state index is 13.0. The van der Waals surface area contributed by atoms with Gasteiger partial charge in [-0.1, -0.05) is 61.3 Å². The van der Waals surface area contributed by atoms with Crippen molar-refractivity contribution in [2.45, 2.75) is 79.5 Å². The smallest absolute Gasteiger partial charge is 0.196 e. The Hall–Kier alpha value is -1.92. The molecule has 0 aromatic heterocycles. The number of methoxy groups -OCH3 is 2. The molecule has 11 heteroatoms. The Balaban J connectivity index is 0.000000137. The summed E-state index contributed by atoms with van der Waals surface area (Å²) >= 11 is 11.1. The molecule has 0 radical (unpaired) electrons. The topological polar surface area (TPSA) is 77.5 Å². The standard InChI is InChI=1S/C18H19Br2NO3.C18H18BrNO3.CH4/c1-21-4-3-18-9-6-11(20)15(22)17(18)24-16-13(23-2)7-10(19)8(14(16)18)5-12(9)21;1-20-6-5-18-10-3-4-13(21)17(18)23-16-14(22-2)8-11(19)9(15(16)18)7-12(10)20;/h7,9,11-12,17H,3-6H2,1-2H3;3-4,8,10,12,17H,5-7H2,1-2H3;1H4/t9?,11?,12-,17?,18+;10?,12-,17?,18+;/m00./s1. The molecule has 8 nitrogen and oxygen atoms in total. The minimum absolute atomic E-state index is 0. The lowest BCUT2D eigenvalue weighted by molar-refractivity contribution is -0.137. The fourth-order valence-corrected chi connectivity index (χ4v) is 12.7. The van der Waals surface area contributed by atoms with Crippen LogP contribution >= 0.6 is 47.8 Å². The fraction of sp³-hybridized carbons (Fsp3) is 0.568. The number of nitrogens with zero attached hydrogens (tertiary/aromatic N) is 2. The number of benzene rings is 2. The summed E-state index contributed by atoms with van der Waals surface area (Å²) in [6.45, 7) is 2.00. The normalized spacial score (nSPS) is 37.3. The molecule has 4 aliphatic heterocycles. The Labute approximate surface area is 307 Å². The Bertz CT molecular complexity index is 1800. The third-order valence-electron chi connectivity index (χ3n) is 13.0. The highest BCUT2D eigenvalue weighted by Gasteiger charge is 2.68. The van der Waals surface area contributed by atoms with Crippen LogP contribution in [0.1, 0.15) is 48.9 Å². The van der Waals surface area contributed by atoms with E-state index < -0.39 is 6.10 Å². The first-order chi connectivity index (χ1) is 22.6. The molecule has 4 bridgehead atoms. The molecule has 2 spiro atoms. The van der Waals surface area contributed by atoms with Gasteiger partial charge >= 0.3 is 0 Å². The van der Waals surface area contributed by atoms with Crippen LogP contribution in [-0.2, 0) is 33.3 Å². The Morgan fingerprint density at radius 2 is 1.38 bits per heavy atom. The SMILES string of the molecule is C.COc1cc(Br)c2c3c1OC1C(=O)C(Br)CC4[C@H](C2)N(C)CC[C@@]314.COc1cc(Br)c2c3c1OC1C(=O)C=CC4[C@H](C2)N(C)CC[C@@]314. The van der Waals surface area contributed by atoms with Crippen molar-refractivity contribution in [3.63, 3.8) is 0 Å². The summed E-state index contributed by atoms with van der Waals surface area (Å²) in [6, 6.07) is 4.85. The van der Waals surface area contributed by atoms with Gasteiger partial charge in [0.2, 0.25) is 0 Å². The molecule has 2 saturated heterocycles. The van der Waals surface area contributed by atoms with Gasteiger partial charge in [0.15, 0.2) is 46.8 Å². The van der Waals surface area contributed by atoms with Crippen LogP contribution in [0.4, 0.5) is 0 Å². The van der Waals surface area contributed by atoms with E-state index >= 15 is 0 Å². The van der Waals surface area contributed by atoms with E-state index in [1.165, 1.54) is 22.3 Å². The lowest BCUT2D eigenvalue weighted by Gasteiger charge is -2.57. The highest BCUT2D eigenvalue weighted by atomic mass is 79.9. The number of hydrogen-bond donors (Lipinski definition) is 0. The van der Waals surface area contributed by atoms with Gasteiger partial charge < -0.3 is 28.7 Å². The lowest BCUT2D eigenvalue weighted by Crippen LogP contribution is -2.67. The molecule has 0 N–H and O–H groups in total. The predicted octanol–water partition coefficient (Wildman–Crippen LogP) is 6.18. The zero-order chi connectivity index (χ0) is 32.7. The van der Waals surface area contributed by atoms with Crippen LogP contribution in [0.2, 0.25) is 0 Å². The van der Waals surface area contributed by atoms with E-state index in [0.717, 1.165) is 77.1 Å². The molecule has 8 aliphatic rings. The van der Waals surface area contributed by atoms with Gasteiger partial charge in [0, 0.05) is 43.5 Å². The maximum absolute atomic E-state index is 13.0. The van der Waals surface area contributed by atoms with Crippen LogP contribution < -0.4 is 18.9 Å². The minimum Gasteiger partial charge on any atom is -0.493 e. The highest BCUT2D eigenvalue weighted by Crippen LogP contribution is 2.65. The van der Waals surface area contributed by atoms with Crippen molar-refractivity contribution < 1.29 is 28.5 Å². The molecular weight excluding hydrogens is 808 g/mol. The van der Waals surface area contributed by atoms with Crippen LogP contribution in [0.15, 0.2) is 33.2 Å². The minimum atomic E-state index is -0.397. The van der Waals surface area contributed by atoms with Gasteiger partial charge in [-0.2, -0.15) is 0 Å². The van der Waals surface area contributed by atoms with E-state index in [1.54, 1.807) is 20.3 Å². The number of carbonyl (C=O) groups is 2. The summed E-state index contributed by atoms with van der Waals surface area (Å²) < 4.78 is 25.9. The molecule has 10 rings (SSSR count).